The minimum atomic E-state index is -0.335. The van der Waals surface area contributed by atoms with E-state index in [9.17, 15) is 9.59 Å². The molecule has 2 aromatic heterocycles. The first kappa shape index (κ1) is 21.8. The summed E-state index contributed by atoms with van der Waals surface area (Å²) in [4.78, 5) is 33.4. The second-order valence-corrected chi connectivity index (χ2v) is 8.22. The van der Waals surface area contributed by atoms with Crippen LogP contribution in [0.1, 0.15) is 15.9 Å². The number of piperazine rings is 1. The number of carbonyl (C=O) groups is 1. The van der Waals surface area contributed by atoms with Crippen molar-refractivity contribution < 1.29 is 9.53 Å². The molecule has 9 nitrogen and oxygen atoms in total. The molecule has 0 spiro atoms. The van der Waals surface area contributed by atoms with Crippen LogP contribution in [-0.2, 0) is 13.1 Å². The fourth-order valence-corrected chi connectivity index (χ4v) is 4.23. The van der Waals surface area contributed by atoms with Crippen LogP contribution in [0.3, 0.4) is 0 Å². The molecular formula is C25H26N6O3. The molecule has 1 N–H and O–H groups in total. The largest absolute Gasteiger partial charge is 0.497 e. The number of carbonyl (C=O) groups excluding carboxylic acids is 1. The molecular weight excluding hydrogens is 432 g/mol. The first-order chi connectivity index (χ1) is 16.6. The number of imidazole rings is 1. The zero-order chi connectivity index (χ0) is 23.5. The standard InChI is InChI=1S/C25H26N6O3/c1-34-20-9-5-8-19(14-20)22(32)17-31-24(33)23-21(15-27-31)28-25(29-12-10-26-11-13-29)30(23)16-18-6-3-2-4-7-18/h2-9,14-15,26H,10-13,16-17H2,1H3. The summed E-state index contributed by atoms with van der Waals surface area (Å²) in [6.45, 7) is 3.64. The Labute approximate surface area is 196 Å². The van der Waals surface area contributed by atoms with Crippen LogP contribution in [-0.4, -0.2) is 58.4 Å². The predicted octanol–water partition coefficient (Wildman–Crippen LogP) is 1.94. The average molecular weight is 459 g/mol. The second-order valence-electron chi connectivity index (χ2n) is 8.22. The summed E-state index contributed by atoms with van der Waals surface area (Å²) >= 11 is 0. The fourth-order valence-electron chi connectivity index (χ4n) is 4.23. The Bertz CT molecular complexity index is 1370. The molecule has 0 bridgehead atoms. The van der Waals surface area contributed by atoms with E-state index in [0.717, 1.165) is 37.7 Å². The molecule has 1 fully saturated rings. The molecule has 0 saturated carbocycles. The molecule has 3 heterocycles. The highest BCUT2D eigenvalue weighted by Gasteiger charge is 2.23. The summed E-state index contributed by atoms with van der Waals surface area (Å²) in [7, 11) is 1.55. The van der Waals surface area contributed by atoms with Crippen molar-refractivity contribution in [2.75, 3.05) is 38.2 Å². The zero-order valence-corrected chi connectivity index (χ0v) is 19.0. The maximum atomic E-state index is 13.6. The highest BCUT2D eigenvalue weighted by atomic mass is 16.5. The number of methoxy groups -OCH3 is 1. The number of rotatable bonds is 7. The minimum absolute atomic E-state index is 0.165. The third-order valence-corrected chi connectivity index (χ3v) is 6.00. The lowest BCUT2D eigenvalue weighted by Crippen LogP contribution is -2.44. The monoisotopic (exact) mass is 458 g/mol. The zero-order valence-electron chi connectivity index (χ0n) is 19.0. The van der Waals surface area contributed by atoms with E-state index in [-0.39, 0.29) is 17.9 Å². The maximum absolute atomic E-state index is 13.6. The van der Waals surface area contributed by atoms with Gasteiger partial charge in [0.25, 0.3) is 5.56 Å². The summed E-state index contributed by atoms with van der Waals surface area (Å²) in [6.07, 6.45) is 1.57. The van der Waals surface area contributed by atoms with Gasteiger partial charge in [-0.25, -0.2) is 9.67 Å². The van der Waals surface area contributed by atoms with Crippen molar-refractivity contribution in [1.29, 1.82) is 0 Å². The van der Waals surface area contributed by atoms with Gasteiger partial charge in [-0.3, -0.25) is 9.59 Å². The van der Waals surface area contributed by atoms with Gasteiger partial charge in [0.2, 0.25) is 5.95 Å². The van der Waals surface area contributed by atoms with E-state index in [0.29, 0.717) is 28.9 Å². The SMILES string of the molecule is COc1cccc(C(=O)Cn2ncc3nc(N4CCNCC4)n(Cc4ccccc4)c3c2=O)c1. The lowest BCUT2D eigenvalue weighted by Gasteiger charge is -2.28. The number of hydrogen-bond acceptors (Lipinski definition) is 7. The van der Waals surface area contributed by atoms with E-state index >= 15 is 0 Å². The Morgan fingerprint density at radius 1 is 1.09 bits per heavy atom. The van der Waals surface area contributed by atoms with E-state index in [2.05, 4.69) is 15.3 Å². The number of benzene rings is 2. The quantitative estimate of drug-likeness (QED) is 0.423. The molecule has 1 saturated heterocycles. The van der Waals surface area contributed by atoms with Crippen molar-refractivity contribution in [3.63, 3.8) is 0 Å². The van der Waals surface area contributed by atoms with Crippen molar-refractivity contribution in [2.24, 2.45) is 0 Å². The van der Waals surface area contributed by atoms with Crippen molar-refractivity contribution >= 4 is 22.8 Å². The number of nitrogens with zero attached hydrogens (tertiary/aromatic N) is 5. The van der Waals surface area contributed by atoms with Gasteiger partial charge in [0.1, 0.15) is 23.3 Å². The summed E-state index contributed by atoms with van der Waals surface area (Å²) in [5.74, 6) is 1.11. The third-order valence-electron chi connectivity index (χ3n) is 6.00. The summed E-state index contributed by atoms with van der Waals surface area (Å²) in [5, 5.41) is 7.62. The lowest BCUT2D eigenvalue weighted by atomic mass is 10.1. The van der Waals surface area contributed by atoms with Gasteiger partial charge in [0, 0.05) is 31.7 Å². The predicted molar refractivity (Wildman–Crippen MR) is 130 cm³/mol. The van der Waals surface area contributed by atoms with E-state index < -0.39 is 0 Å². The van der Waals surface area contributed by atoms with Gasteiger partial charge < -0.3 is 19.5 Å². The molecule has 2 aromatic carbocycles. The highest BCUT2D eigenvalue weighted by Crippen LogP contribution is 2.22. The molecule has 0 aliphatic carbocycles. The average Bonchev–Trinajstić information content (AvgIpc) is 3.25. The van der Waals surface area contributed by atoms with Crippen LogP contribution in [0.2, 0.25) is 0 Å². The van der Waals surface area contributed by atoms with Crippen LogP contribution in [0.4, 0.5) is 5.95 Å². The van der Waals surface area contributed by atoms with Crippen LogP contribution >= 0.6 is 0 Å². The number of hydrogen-bond donors (Lipinski definition) is 1. The molecule has 0 amide bonds. The van der Waals surface area contributed by atoms with Crippen LogP contribution in [0.5, 0.6) is 5.75 Å². The first-order valence-electron chi connectivity index (χ1n) is 11.3. The normalized spacial score (nSPS) is 13.9. The van der Waals surface area contributed by atoms with Gasteiger partial charge in [0.05, 0.1) is 19.9 Å². The van der Waals surface area contributed by atoms with Crippen molar-refractivity contribution in [3.05, 3.63) is 82.3 Å². The number of nitrogens with one attached hydrogen (secondary N) is 1. The van der Waals surface area contributed by atoms with Crippen LogP contribution in [0, 0.1) is 0 Å². The Hall–Kier alpha value is -3.98. The van der Waals surface area contributed by atoms with E-state index in [1.54, 1.807) is 37.6 Å². The number of fused-ring (bicyclic) bond motifs is 1. The van der Waals surface area contributed by atoms with Crippen molar-refractivity contribution in [3.8, 4) is 5.75 Å². The molecule has 9 heteroatoms. The topological polar surface area (TPSA) is 94.3 Å². The Morgan fingerprint density at radius 3 is 2.65 bits per heavy atom. The molecule has 0 radical (unpaired) electrons. The summed E-state index contributed by atoms with van der Waals surface area (Å²) in [6, 6.07) is 16.9. The Kier molecular flexibility index (Phi) is 6.09. The van der Waals surface area contributed by atoms with E-state index in [1.165, 1.54) is 4.68 Å². The van der Waals surface area contributed by atoms with Gasteiger partial charge >= 0.3 is 0 Å². The van der Waals surface area contributed by atoms with Gasteiger partial charge in [-0.1, -0.05) is 42.5 Å². The molecule has 0 unspecified atom stereocenters. The molecule has 34 heavy (non-hydrogen) atoms. The molecule has 174 valence electrons. The number of anilines is 1. The molecule has 4 aromatic rings. The Balaban J connectivity index is 1.56. The molecule has 1 aliphatic heterocycles. The van der Waals surface area contributed by atoms with Gasteiger partial charge in [-0.2, -0.15) is 5.10 Å². The van der Waals surface area contributed by atoms with Crippen LogP contribution in [0.25, 0.3) is 11.0 Å². The van der Waals surface area contributed by atoms with Gasteiger partial charge in [-0.05, 0) is 17.7 Å². The number of Topliss-reactive ketones (excluding diaryl/α,β-unsaturated/α-hetero) is 1. The molecule has 5 rings (SSSR count). The number of ether oxygens (including phenoxy) is 1. The molecule has 1 aliphatic rings. The smallest absolute Gasteiger partial charge is 0.293 e. The highest BCUT2D eigenvalue weighted by molar-refractivity contribution is 5.96. The van der Waals surface area contributed by atoms with Crippen molar-refractivity contribution in [2.45, 2.75) is 13.1 Å². The van der Waals surface area contributed by atoms with Crippen LogP contribution < -0.4 is 20.5 Å². The third kappa shape index (κ3) is 4.29. The number of aromatic nitrogens is 4. The van der Waals surface area contributed by atoms with Gasteiger partial charge in [-0.15, -0.1) is 0 Å². The summed E-state index contributed by atoms with van der Waals surface area (Å²) < 4.78 is 8.38. The lowest BCUT2D eigenvalue weighted by molar-refractivity contribution is 0.0965. The number of ketones is 1. The van der Waals surface area contributed by atoms with Crippen molar-refractivity contribution in [1.82, 2.24) is 24.6 Å². The second kappa shape index (κ2) is 9.48. The first-order valence-corrected chi connectivity index (χ1v) is 11.3. The van der Waals surface area contributed by atoms with Gasteiger partial charge in [0.15, 0.2) is 5.78 Å². The molecule has 0 atom stereocenters. The fraction of sp³-hybridized carbons (Fsp3) is 0.280. The van der Waals surface area contributed by atoms with E-state index in [4.69, 9.17) is 9.72 Å². The van der Waals surface area contributed by atoms with E-state index in [1.807, 2.05) is 34.9 Å². The minimum Gasteiger partial charge on any atom is -0.497 e. The maximum Gasteiger partial charge on any atom is 0.293 e. The summed E-state index contributed by atoms with van der Waals surface area (Å²) in [5.41, 5.74) is 2.17. The Morgan fingerprint density at radius 2 is 1.88 bits per heavy atom. The van der Waals surface area contributed by atoms with Crippen LogP contribution in [0.15, 0.2) is 65.6 Å².